The minimum Gasteiger partial charge on any atom is -0.370 e. The zero-order valence-corrected chi connectivity index (χ0v) is 27.6. The molecular formula is C10H2Cl17FO4S. The normalized spacial score (nSPS) is 20.5. The first-order valence-electron chi connectivity index (χ1n) is 6.60. The van der Waals surface area contributed by atoms with Gasteiger partial charge in [0, 0.05) is 0 Å². The minimum absolute atomic E-state index is 0.989. The van der Waals surface area contributed by atoms with Gasteiger partial charge < -0.3 is 10.2 Å². The van der Waals surface area contributed by atoms with Crippen molar-refractivity contribution in [3.63, 3.8) is 0 Å². The molecule has 2 N–H and O–H groups in total. The van der Waals surface area contributed by atoms with E-state index in [2.05, 4.69) is 0 Å². The van der Waals surface area contributed by atoms with Crippen molar-refractivity contribution in [3.8, 4) is 0 Å². The monoisotopic (exact) mass is 831 g/mol. The van der Waals surface area contributed by atoms with Crippen molar-refractivity contribution in [3.05, 3.63) is 9.52 Å². The summed E-state index contributed by atoms with van der Waals surface area (Å²) in [4.78, 5) is -3.80. The van der Waals surface area contributed by atoms with E-state index < -0.39 is 55.2 Å². The molecule has 0 heterocycles. The minimum atomic E-state index is -6.19. The molecule has 0 aliphatic heterocycles. The second-order valence-corrected chi connectivity index (χ2v) is 18.2. The molecule has 0 rings (SSSR count). The Kier molecular flexibility index (Phi) is 12.5. The molecule has 23 heteroatoms. The van der Waals surface area contributed by atoms with Crippen molar-refractivity contribution in [2.75, 3.05) is 0 Å². The van der Waals surface area contributed by atoms with E-state index in [1.165, 1.54) is 0 Å². The van der Waals surface area contributed by atoms with Crippen molar-refractivity contribution >= 4 is 207 Å². The van der Waals surface area contributed by atoms with Crippen LogP contribution in [-0.2, 0) is 10.2 Å². The van der Waals surface area contributed by atoms with Gasteiger partial charge in [-0.2, -0.15) is 8.42 Å². The molecule has 4 nitrogen and oxygen atoms in total. The van der Waals surface area contributed by atoms with Crippen LogP contribution in [0.2, 0.25) is 0 Å². The molecule has 0 radical (unpaired) electrons. The summed E-state index contributed by atoms with van der Waals surface area (Å²) in [5.74, 6) is 0. The number of hydrogen-bond acceptors (Lipinski definition) is 4. The van der Waals surface area contributed by atoms with Gasteiger partial charge in [-0.25, -0.2) is 0 Å². The Bertz CT molecular complexity index is 903. The molecule has 3 unspecified atom stereocenters. The van der Waals surface area contributed by atoms with Crippen molar-refractivity contribution < 1.29 is 22.5 Å². The van der Waals surface area contributed by atoms with Crippen molar-refractivity contribution in [2.24, 2.45) is 0 Å². The zero-order chi connectivity index (χ0) is 27.7. The van der Waals surface area contributed by atoms with Gasteiger partial charge in [0.15, 0.2) is 13.5 Å². The van der Waals surface area contributed by atoms with Crippen LogP contribution < -0.4 is 0 Å². The number of rotatable bonds is 8. The molecule has 0 aromatic rings. The maximum Gasteiger partial charge on any atom is 0.340 e. The van der Waals surface area contributed by atoms with Crippen LogP contribution in [-0.4, -0.2) is 54.1 Å². The maximum atomic E-state index is 13.7. The van der Waals surface area contributed by atoms with Gasteiger partial charge in [-0.05, 0) is 0 Å². The van der Waals surface area contributed by atoms with E-state index in [4.69, 9.17) is 197 Å². The van der Waals surface area contributed by atoms with E-state index in [-0.39, 0.29) is 0 Å². The predicted octanol–water partition coefficient (Wildman–Crippen LogP) is 9.03. The Labute approximate surface area is 271 Å². The summed E-state index contributed by atoms with van der Waals surface area (Å²) < 4.78 is 16.9. The lowest BCUT2D eigenvalue weighted by Gasteiger charge is -2.57. The Balaban J connectivity index is 7.61. The fourth-order valence-electron chi connectivity index (χ4n) is 1.83. The molecule has 0 bridgehead atoms. The summed E-state index contributed by atoms with van der Waals surface area (Å²) in [6.07, 6.45) is 0. The van der Waals surface area contributed by atoms with E-state index in [1.807, 2.05) is 0 Å². The number of alkyl halides is 14. The third-order valence-corrected chi connectivity index (χ3v) is 15.4. The Morgan fingerprint density at radius 3 is 1.21 bits per heavy atom. The SMILES string of the molecule is O=S(=O)(F)C(Cl)(Cl)C(Cl)(Cl)C(Cl)(Cl)C(O)(Cl)C(Cl)(C(Cl)(Cl)Cl)C(Cl)(Cl)C(O)(Cl)C(Cl)=C(Cl)Cl. The first-order valence-corrected chi connectivity index (χ1v) is 14.4. The molecular weight excluding hydrogens is 838 g/mol. The standard InChI is InChI=1S/C10H2Cl17FO4S/c11-1(2(12)13)3(14,29)5(16,17)4(15,9(23,24)25)8(22,30)6(18,19)7(20,21)10(26,27)33(28,31)32/h29-30H. The van der Waals surface area contributed by atoms with Crippen LogP contribution in [0.15, 0.2) is 9.52 Å². The summed E-state index contributed by atoms with van der Waals surface area (Å²) in [5.41, 5.74) is 0. The van der Waals surface area contributed by atoms with Crippen LogP contribution in [0.5, 0.6) is 0 Å². The maximum absolute atomic E-state index is 13.7. The van der Waals surface area contributed by atoms with Gasteiger partial charge in [-0.1, -0.05) is 186 Å². The second-order valence-electron chi connectivity index (χ2n) is 5.65. The Hall–Kier alpha value is 4.47. The third-order valence-electron chi connectivity index (χ3n) is 3.63. The molecule has 0 aromatic heterocycles. The lowest BCUT2D eigenvalue weighted by molar-refractivity contribution is 0.0226. The molecule has 33 heavy (non-hydrogen) atoms. The first-order chi connectivity index (χ1) is 13.9. The highest BCUT2D eigenvalue weighted by molar-refractivity contribution is 7.91. The van der Waals surface area contributed by atoms with Gasteiger partial charge in [-0.15, -0.1) is 15.5 Å². The first kappa shape index (κ1) is 37.5. The fraction of sp³-hybridized carbons (Fsp3) is 0.800. The van der Waals surface area contributed by atoms with Gasteiger partial charge >= 0.3 is 10.2 Å². The van der Waals surface area contributed by atoms with Gasteiger partial charge in [0.05, 0.1) is 5.03 Å². The molecule has 0 amide bonds. The zero-order valence-electron chi connectivity index (χ0n) is 13.9. The fourth-order valence-corrected chi connectivity index (χ4v) is 8.17. The van der Waals surface area contributed by atoms with E-state index in [9.17, 15) is 22.5 Å². The van der Waals surface area contributed by atoms with Crippen molar-refractivity contribution in [1.29, 1.82) is 0 Å². The molecule has 3 atom stereocenters. The summed E-state index contributed by atoms with van der Waals surface area (Å²) in [6.45, 7) is 0. The molecule has 198 valence electrons. The lowest BCUT2D eigenvalue weighted by atomic mass is 9.89. The summed E-state index contributed by atoms with van der Waals surface area (Å²) >= 11 is 98.3. The molecule has 0 aliphatic carbocycles. The highest BCUT2D eigenvalue weighted by atomic mass is 35.6. The van der Waals surface area contributed by atoms with Crippen LogP contribution in [0, 0.1) is 0 Å². The Morgan fingerprint density at radius 1 is 0.636 bits per heavy atom. The average Bonchev–Trinajstić information content (AvgIpc) is 2.56. The Morgan fingerprint density at radius 2 is 0.970 bits per heavy atom. The number of hydrogen-bond donors (Lipinski definition) is 2. The number of aliphatic hydroxyl groups is 2. The second kappa shape index (κ2) is 11.0. The smallest absolute Gasteiger partial charge is 0.340 e. The van der Waals surface area contributed by atoms with E-state index in [0.717, 1.165) is 0 Å². The highest BCUT2D eigenvalue weighted by Crippen LogP contribution is 2.72. The van der Waals surface area contributed by atoms with E-state index in [1.54, 1.807) is 0 Å². The molecule has 0 fully saturated rings. The summed E-state index contributed by atoms with van der Waals surface area (Å²) in [7, 11) is -6.19. The highest BCUT2D eigenvalue weighted by Gasteiger charge is 2.85. The van der Waals surface area contributed by atoms with Crippen molar-refractivity contribution in [2.45, 2.75) is 35.5 Å². The van der Waals surface area contributed by atoms with E-state index in [0.29, 0.717) is 0 Å². The van der Waals surface area contributed by atoms with Gasteiger partial charge in [0.2, 0.25) is 18.2 Å². The van der Waals surface area contributed by atoms with Crippen molar-refractivity contribution in [1.82, 2.24) is 0 Å². The van der Waals surface area contributed by atoms with Crippen LogP contribution in [0.4, 0.5) is 3.89 Å². The predicted molar refractivity (Wildman–Crippen MR) is 143 cm³/mol. The molecule has 0 spiro atoms. The quantitative estimate of drug-likeness (QED) is 0.189. The molecule has 0 saturated heterocycles. The summed E-state index contributed by atoms with van der Waals surface area (Å²) in [5, 5.41) is 13.0. The number of halogens is 18. The average molecular weight is 840 g/mol. The topological polar surface area (TPSA) is 74.6 Å². The van der Waals surface area contributed by atoms with Gasteiger partial charge in [-0.3, -0.25) is 0 Å². The third kappa shape index (κ3) is 5.80. The van der Waals surface area contributed by atoms with Gasteiger partial charge in [0.25, 0.3) is 3.67 Å². The van der Waals surface area contributed by atoms with Crippen LogP contribution in [0.3, 0.4) is 0 Å². The lowest BCUT2D eigenvalue weighted by Crippen LogP contribution is -2.77. The molecule has 0 aliphatic rings. The van der Waals surface area contributed by atoms with Gasteiger partial charge in [0.1, 0.15) is 4.49 Å². The molecule has 0 aromatic carbocycles. The van der Waals surface area contributed by atoms with E-state index >= 15 is 0 Å². The molecule has 0 saturated carbocycles. The summed E-state index contributed by atoms with van der Waals surface area (Å²) in [6, 6.07) is 0. The van der Waals surface area contributed by atoms with Crippen LogP contribution >= 0.6 is 197 Å². The largest absolute Gasteiger partial charge is 0.370 e. The van der Waals surface area contributed by atoms with Crippen LogP contribution in [0.1, 0.15) is 0 Å². The van der Waals surface area contributed by atoms with Crippen LogP contribution in [0.25, 0.3) is 0 Å².